The van der Waals surface area contributed by atoms with Crippen molar-refractivity contribution in [3.05, 3.63) is 112 Å². The molecule has 1 aromatic heterocycles. The van der Waals surface area contributed by atoms with Gasteiger partial charge in [-0.3, -0.25) is 14.4 Å². The van der Waals surface area contributed by atoms with E-state index < -0.39 is 0 Å². The Morgan fingerprint density at radius 1 is 0.872 bits per heavy atom. The zero-order valence-corrected chi connectivity index (χ0v) is 22.5. The molecule has 0 fully saturated rings. The van der Waals surface area contributed by atoms with Crippen molar-refractivity contribution in [3.63, 3.8) is 0 Å². The number of para-hydroxylation sites is 1. The summed E-state index contributed by atoms with van der Waals surface area (Å²) in [5.74, 6) is 0.0735. The summed E-state index contributed by atoms with van der Waals surface area (Å²) in [6, 6.07) is 24.2. The van der Waals surface area contributed by atoms with Gasteiger partial charge in [-0.1, -0.05) is 73.5 Å². The number of benzene rings is 3. The fourth-order valence-electron chi connectivity index (χ4n) is 4.29. The van der Waals surface area contributed by atoms with Crippen LogP contribution in [0.25, 0.3) is 11.0 Å². The monoisotopic (exact) mass is 526 g/mol. The average Bonchev–Trinajstić information content (AvgIpc) is 2.96. The number of aryl methyl sites for hydroxylation is 1. The van der Waals surface area contributed by atoms with Gasteiger partial charge in [0, 0.05) is 13.1 Å². The van der Waals surface area contributed by atoms with Crippen LogP contribution in [0, 0.1) is 6.92 Å². The van der Waals surface area contributed by atoms with Gasteiger partial charge in [-0.05, 0) is 43.2 Å². The lowest BCUT2D eigenvalue weighted by atomic mass is 10.1. The Labute approximate surface area is 228 Å². The van der Waals surface area contributed by atoms with Crippen molar-refractivity contribution in [2.75, 3.05) is 19.7 Å². The van der Waals surface area contributed by atoms with Gasteiger partial charge in [0.15, 0.2) is 12.0 Å². The first-order valence-electron chi connectivity index (χ1n) is 13.2. The number of amides is 2. The Bertz CT molecular complexity index is 1450. The zero-order valence-electron chi connectivity index (χ0n) is 22.5. The summed E-state index contributed by atoms with van der Waals surface area (Å²) in [6.07, 6.45) is 3.07. The van der Waals surface area contributed by atoms with Crippen LogP contribution in [0.1, 0.15) is 36.5 Å². The molecule has 4 rings (SSSR count). The summed E-state index contributed by atoms with van der Waals surface area (Å²) < 4.78 is 11.4. The second-order valence-corrected chi connectivity index (χ2v) is 9.60. The van der Waals surface area contributed by atoms with E-state index in [1.54, 1.807) is 34.1 Å². The molecule has 0 aliphatic rings. The molecule has 7 nitrogen and oxygen atoms in total. The van der Waals surface area contributed by atoms with Gasteiger partial charge in [0.2, 0.25) is 5.91 Å². The summed E-state index contributed by atoms with van der Waals surface area (Å²) >= 11 is 0. The van der Waals surface area contributed by atoms with Crippen LogP contribution >= 0.6 is 0 Å². The van der Waals surface area contributed by atoms with E-state index >= 15 is 0 Å². The summed E-state index contributed by atoms with van der Waals surface area (Å²) in [6.45, 7) is 4.48. The number of carbonyl (C=O) groups excluding carboxylic acids is 2. The van der Waals surface area contributed by atoms with Crippen LogP contribution in [0.2, 0.25) is 0 Å². The highest BCUT2D eigenvalue weighted by atomic mass is 16.5. The van der Waals surface area contributed by atoms with Gasteiger partial charge in [0.25, 0.3) is 5.91 Å². The summed E-state index contributed by atoms with van der Waals surface area (Å²) in [7, 11) is 0. The van der Waals surface area contributed by atoms with Crippen LogP contribution in [0.4, 0.5) is 0 Å². The molecule has 0 N–H and O–H groups in total. The van der Waals surface area contributed by atoms with Gasteiger partial charge >= 0.3 is 0 Å². The third-order valence-electron chi connectivity index (χ3n) is 6.50. The van der Waals surface area contributed by atoms with Gasteiger partial charge < -0.3 is 19.0 Å². The Balaban J connectivity index is 1.55. The Kier molecular flexibility index (Phi) is 9.51. The fourth-order valence-corrected chi connectivity index (χ4v) is 4.29. The van der Waals surface area contributed by atoms with Gasteiger partial charge in [-0.15, -0.1) is 0 Å². The van der Waals surface area contributed by atoms with E-state index in [9.17, 15) is 14.4 Å². The van der Waals surface area contributed by atoms with Crippen LogP contribution in [-0.4, -0.2) is 41.3 Å². The first-order chi connectivity index (χ1) is 18.9. The lowest BCUT2D eigenvalue weighted by Crippen LogP contribution is -2.44. The number of hydrogen-bond donors (Lipinski definition) is 0. The molecule has 0 radical (unpaired) electrons. The fraction of sp³-hybridized carbons (Fsp3) is 0.281. The number of carbonyl (C=O) groups is 2. The summed E-state index contributed by atoms with van der Waals surface area (Å²) in [5.41, 5.74) is 2.60. The second kappa shape index (κ2) is 13.4. The van der Waals surface area contributed by atoms with Crippen LogP contribution in [-0.2, 0) is 22.7 Å². The first kappa shape index (κ1) is 27.6. The van der Waals surface area contributed by atoms with Crippen molar-refractivity contribution in [2.24, 2.45) is 0 Å². The molecule has 0 saturated carbocycles. The molecular weight excluding hydrogens is 492 g/mol. The van der Waals surface area contributed by atoms with Gasteiger partial charge in [0.05, 0.1) is 30.3 Å². The Hall–Kier alpha value is -4.39. The van der Waals surface area contributed by atoms with E-state index in [4.69, 9.17) is 9.15 Å². The maximum atomic E-state index is 13.7. The molecule has 7 heteroatoms. The van der Waals surface area contributed by atoms with E-state index in [0.29, 0.717) is 35.4 Å². The molecule has 0 spiro atoms. The summed E-state index contributed by atoms with van der Waals surface area (Å²) in [5, 5.41) is 0.484. The third-order valence-corrected chi connectivity index (χ3v) is 6.50. The number of ether oxygens (including phenoxy) is 1. The normalized spacial score (nSPS) is 10.8. The van der Waals surface area contributed by atoms with Crippen LogP contribution < -0.4 is 10.2 Å². The van der Waals surface area contributed by atoms with E-state index in [-0.39, 0.29) is 36.9 Å². The van der Waals surface area contributed by atoms with Gasteiger partial charge in [-0.2, -0.15) is 0 Å². The van der Waals surface area contributed by atoms with Crippen LogP contribution in [0.3, 0.4) is 0 Å². The lowest BCUT2D eigenvalue weighted by molar-refractivity contribution is -0.142. The van der Waals surface area contributed by atoms with Crippen molar-refractivity contribution < 1.29 is 18.7 Å². The second-order valence-electron chi connectivity index (χ2n) is 9.60. The Morgan fingerprint density at radius 2 is 1.59 bits per heavy atom. The molecule has 39 heavy (non-hydrogen) atoms. The van der Waals surface area contributed by atoms with E-state index in [1.807, 2.05) is 68.4 Å². The average molecular weight is 527 g/mol. The standard InChI is InChI=1S/C32H34N2O5/c1-3-4-17-33(31(36)23-38-27-13-9-6-10-14-27)21-30(35)34(19-25-11-7-5-8-12-25)20-26-22-39-29-16-15-24(2)18-28(29)32(26)37/h5-16,18,22H,3-4,17,19-21,23H2,1-2H3. The predicted octanol–water partition coefficient (Wildman–Crippen LogP) is 5.34. The highest BCUT2D eigenvalue weighted by Crippen LogP contribution is 2.16. The van der Waals surface area contributed by atoms with Crippen molar-refractivity contribution in [3.8, 4) is 5.75 Å². The quantitative estimate of drug-likeness (QED) is 0.249. The summed E-state index contributed by atoms with van der Waals surface area (Å²) in [4.78, 5) is 43.2. The molecule has 1 heterocycles. The largest absolute Gasteiger partial charge is 0.484 e. The SMILES string of the molecule is CCCCN(CC(=O)N(Cc1ccccc1)Cc1coc2ccc(C)cc2c1=O)C(=O)COc1ccccc1. The van der Waals surface area contributed by atoms with E-state index in [1.165, 1.54) is 6.26 Å². The van der Waals surface area contributed by atoms with Crippen LogP contribution in [0.5, 0.6) is 5.75 Å². The number of hydrogen-bond acceptors (Lipinski definition) is 5. The maximum Gasteiger partial charge on any atom is 0.260 e. The van der Waals surface area contributed by atoms with Crippen molar-refractivity contribution >= 4 is 22.8 Å². The molecule has 0 aliphatic carbocycles. The first-order valence-corrected chi connectivity index (χ1v) is 13.2. The number of unbranched alkanes of at least 4 members (excludes halogenated alkanes) is 1. The number of nitrogens with zero attached hydrogens (tertiary/aromatic N) is 2. The number of rotatable bonds is 12. The molecule has 0 saturated heterocycles. The van der Waals surface area contributed by atoms with Gasteiger partial charge in [0.1, 0.15) is 11.3 Å². The van der Waals surface area contributed by atoms with Gasteiger partial charge in [-0.25, -0.2) is 0 Å². The number of fused-ring (bicyclic) bond motifs is 1. The van der Waals surface area contributed by atoms with E-state index in [0.717, 1.165) is 24.0 Å². The molecule has 4 aromatic rings. The predicted molar refractivity (Wildman–Crippen MR) is 151 cm³/mol. The van der Waals surface area contributed by atoms with Crippen molar-refractivity contribution in [1.82, 2.24) is 9.80 Å². The molecule has 0 bridgehead atoms. The molecule has 202 valence electrons. The van der Waals surface area contributed by atoms with Crippen LogP contribution in [0.15, 0.2) is 94.3 Å². The lowest BCUT2D eigenvalue weighted by Gasteiger charge is -2.28. The minimum absolute atomic E-state index is 0.0657. The molecule has 3 aromatic carbocycles. The van der Waals surface area contributed by atoms with Crippen molar-refractivity contribution in [1.29, 1.82) is 0 Å². The third kappa shape index (κ3) is 7.57. The molecule has 0 atom stereocenters. The molecule has 0 unspecified atom stereocenters. The highest BCUT2D eigenvalue weighted by molar-refractivity contribution is 5.85. The van der Waals surface area contributed by atoms with Crippen molar-refractivity contribution in [2.45, 2.75) is 39.8 Å². The van der Waals surface area contributed by atoms with E-state index in [2.05, 4.69) is 0 Å². The zero-order chi connectivity index (χ0) is 27.6. The smallest absolute Gasteiger partial charge is 0.260 e. The minimum Gasteiger partial charge on any atom is -0.484 e. The topological polar surface area (TPSA) is 80.1 Å². The minimum atomic E-state index is -0.263. The molecular formula is C32H34N2O5. The molecule has 2 amide bonds. The maximum absolute atomic E-state index is 13.7. The molecule has 0 aliphatic heterocycles. The highest BCUT2D eigenvalue weighted by Gasteiger charge is 2.23. The Morgan fingerprint density at radius 3 is 2.31 bits per heavy atom.